The lowest BCUT2D eigenvalue weighted by molar-refractivity contribution is 0.532. The van der Waals surface area contributed by atoms with Crippen LogP contribution in [0.4, 0.5) is 4.39 Å². The third-order valence-corrected chi connectivity index (χ3v) is 4.34. The summed E-state index contributed by atoms with van der Waals surface area (Å²) in [5.74, 6) is 0.498. The van der Waals surface area contributed by atoms with Gasteiger partial charge in [-0.05, 0) is 41.2 Å². The number of rotatable bonds is 6. The molecule has 17 heavy (non-hydrogen) atoms. The van der Waals surface area contributed by atoms with Gasteiger partial charge in [-0.15, -0.1) is 0 Å². The van der Waals surface area contributed by atoms with Crippen molar-refractivity contribution < 1.29 is 4.39 Å². The predicted octanol–water partition coefficient (Wildman–Crippen LogP) is 4.65. The highest BCUT2D eigenvalue weighted by Crippen LogP contribution is 2.31. The van der Waals surface area contributed by atoms with Gasteiger partial charge in [0.1, 0.15) is 5.82 Å². The molecule has 0 aliphatic heterocycles. The molecule has 96 valence electrons. The Bertz CT molecular complexity index is 376. The fourth-order valence-electron chi connectivity index (χ4n) is 1.55. The van der Waals surface area contributed by atoms with E-state index in [2.05, 4.69) is 28.2 Å². The molecule has 1 N–H and O–H groups in total. The van der Waals surface area contributed by atoms with Gasteiger partial charge in [-0.3, -0.25) is 0 Å². The number of hydrogen-bond acceptors (Lipinski definition) is 2. The summed E-state index contributed by atoms with van der Waals surface area (Å²) in [6.07, 6.45) is 3.04. The van der Waals surface area contributed by atoms with E-state index in [4.69, 9.17) is 11.6 Å². The summed E-state index contributed by atoms with van der Waals surface area (Å²) >= 11 is 10.8. The van der Waals surface area contributed by atoms with Gasteiger partial charge in [0.15, 0.2) is 0 Å². The summed E-state index contributed by atoms with van der Waals surface area (Å²) in [4.78, 5) is 0. The van der Waals surface area contributed by atoms with E-state index in [0.717, 1.165) is 18.7 Å². The quantitative estimate of drug-likeness (QED) is 0.757. The van der Waals surface area contributed by atoms with Gasteiger partial charge in [0.25, 0.3) is 0 Å². The van der Waals surface area contributed by atoms with E-state index in [1.807, 2.05) is 6.26 Å². The topological polar surface area (TPSA) is 12.0 Å². The second-order valence-electron chi connectivity index (χ2n) is 3.73. The third kappa shape index (κ3) is 4.12. The number of benzene rings is 1. The summed E-state index contributed by atoms with van der Waals surface area (Å²) in [6, 6.07) is 3.59. The summed E-state index contributed by atoms with van der Waals surface area (Å²) in [5, 5.41) is 3.50. The van der Waals surface area contributed by atoms with Crippen LogP contribution in [-0.4, -0.2) is 18.6 Å². The van der Waals surface area contributed by atoms with Crippen molar-refractivity contribution in [2.24, 2.45) is 0 Å². The van der Waals surface area contributed by atoms with Crippen molar-refractivity contribution in [3.63, 3.8) is 0 Å². The second kappa shape index (κ2) is 7.62. The lowest BCUT2D eigenvalue weighted by Crippen LogP contribution is -2.25. The van der Waals surface area contributed by atoms with Crippen LogP contribution < -0.4 is 5.32 Å². The lowest BCUT2D eigenvalue weighted by Gasteiger charge is -2.19. The summed E-state index contributed by atoms with van der Waals surface area (Å²) in [6.45, 7) is 2.96. The predicted molar refractivity (Wildman–Crippen MR) is 78.5 cm³/mol. The SMILES string of the molecule is CCCNC(CSC)c1ccc(Br)c(Cl)c1F. The molecule has 0 fully saturated rings. The first-order chi connectivity index (χ1) is 8.11. The number of hydrogen-bond donors (Lipinski definition) is 1. The van der Waals surface area contributed by atoms with Crippen LogP contribution in [-0.2, 0) is 0 Å². The smallest absolute Gasteiger partial charge is 0.147 e. The Labute approximate surface area is 120 Å². The van der Waals surface area contributed by atoms with Gasteiger partial charge in [0.05, 0.1) is 5.02 Å². The van der Waals surface area contributed by atoms with E-state index in [0.29, 0.717) is 10.0 Å². The fraction of sp³-hybridized carbons (Fsp3) is 0.500. The molecule has 1 rings (SSSR count). The van der Waals surface area contributed by atoms with Gasteiger partial charge in [-0.25, -0.2) is 4.39 Å². The first kappa shape index (κ1) is 15.3. The molecule has 1 unspecified atom stereocenters. The molecule has 0 aromatic heterocycles. The van der Waals surface area contributed by atoms with Crippen molar-refractivity contribution in [1.82, 2.24) is 5.32 Å². The van der Waals surface area contributed by atoms with Crippen LogP contribution in [0, 0.1) is 5.82 Å². The van der Waals surface area contributed by atoms with Crippen molar-refractivity contribution in [3.05, 3.63) is 33.0 Å². The van der Waals surface area contributed by atoms with E-state index in [1.54, 1.807) is 23.9 Å². The molecule has 0 spiro atoms. The van der Waals surface area contributed by atoms with Crippen molar-refractivity contribution in [1.29, 1.82) is 0 Å². The zero-order chi connectivity index (χ0) is 12.8. The van der Waals surface area contributed by atoms with Crippen LogP contribution in [0.2, 0.25) is 5.02 Å². The maximum Gasteiger partial charge on any atom is 0.147 e. The van der Waals surface area contributed by atoms with E-state index in [-0.39, 0.29) is 16.9 Å². The van der Waals surface area contributed by atoms with Crippen LogP contribution in [0.15, 0.2) is 16.6 Å². The van der Waals surface area contributed by atoms with Crippen LogP contribution in [0.25, 0.3) is 0 Å². The molecule has 1 aromatic rings. The maximum atomic E-state index is 14.1. The fourth-order valence-corrected chi connectivity index (χ4v) is 2.66. The standard InChI is InChI=1S/C12H16BrClFNS/c1-3-6-16-10(7-17-2)8-4-5-9(13)11(14)12(8)15/h4-5,10,16H,3,6-7H2,1-2H3. The highest BCUT2D eigenvalue weighted by Gasteiger charge is 2.18. The van der Waals surface area contributed by atoms with Gasteiger partial charge >= 0.3 is 0 Å². The Morgan fingerprint density at radius 3 is 2.82 bits per heavy atom. The van der Waals surface area contributed by atoms with Gasteiger partial charge < -0.3 is 5.32 Å². The third-order valence-electron chi connectivity index (χ3n) is 2.41. The molecule has 0 saturated carbocycles. The van der Waals surface area contributed by atoms with E-state index < -0.39 is 0 Å². The minimum absolute atomic E-state index is 0.00977. The van der Waals surface area contributed by atoms with E-state index >= 15 is 0 Å². The monoisotopic (exact) mass is 339 g/mol. The summed E-state index contributed by atoms with van der Waals surface area (Å²) in [5.41, 5.74) is 0.640. The number of halogens is 3. The normalized spacial score (nSPS) is 12.8. The molecule has 0 aliphatic rings. The molecule has 1 atom stereocenters. The molecule has 0 radical (unpaired) electrons. The molecular weight excluding hydrogens is 325 g/mol. The highest BCUT2D eigenvalue weighted by atomic mass is 79.9. The zero-order valence-electron chi connectivity index (χ0n) is 9.90. The van der Waals surface area contributed by atoms with Gasteiger partial charge in [-0.2, -0.15) is 11.8 Å². The summed E-state index contributed by atoms with van der Waals surface area (Å²) in [7, 11) is 0. The minimum atomic E-state index is -0.330. The summed E-state index contributed by atoms with van der Waals surface area (Å²) < 4.78 is 14.6. The maximum absolute atomic E-state index is 14.1. The Morgan fingerprint density at radius 1 is 1.53 bits per heavy atom. The Balaban J connectivity index is 2.97. The second-order valence-corrected chi connectivity index (χ2v) is 5.87. The van der Waals surface area contributed by atoms with Crippen molar-refractivity contribution in [2.75, 3.05) is 18.6 Å². The number of nitrogens with one attached hydrogen (secondary N) is 1. The Kier molecular flexibility index (Phi) is 6.85. The molecular formula is C12H16BrClFNS. The Morgan fingerprint density at radius 2 is 2.24 bits per heavy atom. The average Bonchev–Trinajstić information content (AvgIpc) is 2.32. The molecule has 5 heteroatoms. The zero-order valence-corrected chi connectivity index (χ0v) is 13.1. The van der Waals surface area contributed by atoms with Crippen LogP contribution in [0.1, 0.15) is 24.9 Å². The van der Waals surface area contributed by atoms with E-state index in [1.165, 1.54) is 0 Å². The molecule has 1 aromatic carbocycles. The van der Waals surface area contributed by atoms with E-state index in [9.17, 15) is 4.39 Å². The largest absolute Gasteiger partial charge is 0.309 e. The molecule has 1 nitrogen and oxygen atoms in total. The highest BCUT2D eigenvalue weighted by molar-refractivity contribution is 9.10. The molecule has 0 aliphatic carbocycles. The van der Waals surface area contributed by atoms with Gasteiger partial charge in [0.2, 0.25) is 0 Å². The first-order valence-corrected chi connectivity index (χ1v) is 8.04. The van der Waals surface area contributed by atoms with Crippen LogP contribution in [0.3, 0.4) is 0 Å². The van der Waals surface area contributed by atoms with Crippen molar-refractivity contribution in [3.8, 4) is 0 Å². The van der Waals surface area contributed by atoms with Crippen LogP contribution >= 0.6 is 39.3 Å². The Hall–Kier alpha value is 0.230. The first-order valence-electron chi connectivity index (χ1n) is 5.47. The average molecular weight is 341 g/mol. The van der Waals surface area contributed by atoms with Gasteiger partial charge in [-0.1, -0.05) is 24.6 Å². The minimum Gasteiger partial charge on any atom is -0.309 e. The van der Waals surface area contributed by atoms with Gasteiger partial charge in [0, 0.05) is 21.8 Å². The molecule has 0 amide bonds. The molecule has 0 heterocycles. The van der Waals surface area contributed by atoms with Crippen molar-refractivity contribution >= 4 is 39.3 Å². The lowest BCUT2D eigenvalue weighted by atomic mass is 10.1. The molecule has 0 bridgehead atoms. The van der Waals surface area contributed by atoms with Crippen molar-refractivity contribution in [2.45, 2.75) is 19.4 Å². The van der Waals surface area contributed by atoms with Crippen LogP contribution in [0.5, 0.6) is 0 Å². The molecule has 0 saturated heterocycles. The number of thioether (sulfide) groups is 1.